The highest BCUT2D eigenvalue weighted by molar-refractivity contribution is 7.21. The Bertz CT molecular complexity index is 693. The first-order valence-corrected chi connectivity index (χ1v) is 7.99. The fraction of sp³-hybridized carbons (Fsp3) is 0.375. The Morgan fingerprint density at radius 3 is 2.59 bits per heavy atom. The number of nitrogens with one attached hydrogen (secondary N) is 1. The van der Waals surface area contributed by atoms with Gasteiger partial charge in [0.15, 0.2) is 6.04 Å². The molecule has 2 atom stereocenters. The lowest BCUT2D eigenvalue weighted by molar-refractivity contribution is -0.141. The second-order valence-electron chi connectivity index (χ2n) is 5.19. The van der Waals surface area contributed by atoms with Crippen LogP contribution in [0.5, 0.6) is 0 Å². The van der Waals surface area contributed by atoms with Gasteiger partial charge in [-0.3, -0.25) is 4.79 Å². The Balaban J connectivity index is 2.38. The van der Waals surface area contributed by atoms with E-state index in [0.29, 0.717) is 4.88 Å². The van der Waals surface area contributed by atoms with Gasteiger partial charge in [-0.05, 0) is 30.4 Å². The van der Waals surface area contributed by atoms with E-state index >= 15 is 0 Å². The van der Waals surface area contributed by atoms with Crippen molar-refractivity contribution in [2.24, 2.45) is 0 Å². The minimum absolute atomic E-state index is 0.446. The van der Waals surface area contributed by atoms with Crippen LogP contribution in [-0.4, -0.2) is 34.2 Å². The maximum Gasteiger partial charge on any atom is 0.328 e. The zero-order valence-electron chi connectivity index (χ0n) is 12.5. The van der Waals surface area contributed by atoms with Crippen LogP contribution in [0.25, 0.3) is 10.1 Å². The fourth-order valence-electron chi connectivity index (χ4n) is 2.38. The molecule has 0 aliphatic carbocycles. The molecule has 1 amide bonds. The predicted molar refractivity (Wildman–Crippen MR) is 86.4 cm³/mol. The summed E-state index contributed by atoms with van der Waals surface area (Å²) in [5, 5.41) is 22.0. The van der Waals surface area contributed by atoms with Crippen molar-refractivity contribution in [2.45, 2.75) is 38.8 Å². The summed E-state index contributed by atoms with van der Waals surface area (Å²) in [6, 6.07) is 6.43. The number of carboxylic acids is 1. The molecule has 0 aliphatic rings. The highest BCUT2D eigenvalue weighted by Gasteiger charge is 2.27. The summed E-state index contributed by atoms with van der Waals surface area (Å²) < 4.78 is 1.00. The molecule has 0 bridgehead atoms. The van der Waals surface area contributed by atoms with E-state index in [0.717, 1.165) is 28.5 Å². The minimum atomic E-state index is -1.31. The Hall–Kier alpha value is -1.92. The molecule has 2 rings (SSSR count). The molecule has 0 saturated heterocycles. The van der Waals surface area contributed by atoms with Gasteiger partial charge in [-0.15, -0.1) is 11.3 Å². The summed E-state index contributed by atoms with van der Waals surface area (Å²) in [5.74, 6) is -1.69. The molecular formula is C16H19NO4S. The van der Waals surface area contributed by atoms with Gasteiger partial charge in [-0.2, -0.15) is 0 Å². The number of amides is 1. The molecule has 0 radical (unpaired) electrons. The standard InChI is InChI=1S/C16H19NO4S/c1-3-6-11-10-7-4-5-8-12(10)22-14(11)15(19)17-13(9(2)18)16(20)21/h4-5,7-9,13,18H,3,6H2,1-2H3,(H,17,19)(H,20,21). The maximum atomic E-state index is 12.5. The molecule has 22 heavy (non-hydrogen) atoms. The summed E-state index contributed by atoms with van der Waals surface area (Å²) in [6.07, 6.45) is 0.476. The number of thiophene rings is 1. The third kappa shape index (κ3) is 3.28. The number of aliphatic hydroxyl groups is 1. The number of fused-ring (bicyclic) bond motifs is 1. The molecule has 0 fully saturated rings. The van der Waals surface area contributed by atoms with E-state index in [-0.39, 0.29) is 0 Å². The van der Waals surface area contributed by atoms with Crippen LogP contribution >= 0.6 is 11.3 Å². The Morgan fingerprint density at radius 1 is 1.32 bits per heavy atom. The normalized spacial score (nSPS) is 13.8. The average Bonchev–Trinajstić information content (AvgIpc) is 2.83. The van der Waals surface area contributed by atoms with Gasteiger partial charge in [0.2, 0.25) is 0 Å². The summed E-state index contributed by atoms with van der Waals surface area (Å²) in [5.41, 5.74) is 0.940. The quantitative estimate of drug-likeness (QED) is 0.762. The molecule has 0 spiro atoms. The van der Waals surface area contributed by atoms with Crippen LogP contribution in [0.2, 0.25) is 0 Å². The van der Waals surface area contributed by atoms with E-state index in [2.05, 4.69) is 5.32 Å². The Kier molecular flexibility index (Phi) is 5.15. The first-order chi connectivity index (χ1) is 10.5. The smallest absolute Gasteiger partial charge is 0.328 e. The van der Waals surface area contributed by atoms with Crippen LogP contribution in [0.3, 0.4) is 0 Å². The van der Waals surface area contributed by atoms with Crippen LogP contribution in [0.15, 0.2) is 24.3 Å². The van der Waals surface area contributed by atoms with Crippen LogP contribution in [0, 0.1) is 0 Å². The largest absolute Gasteiger partial charge is 0.480 e. The van der Waals surface area contributed by atoms with Crippen molar-refractivity contribution in [3.63, 3.8) is 0 Å². The maximum absolute atomic E-state index is 12.5. The van der Waals surface area contributed by atoms with E-state index in [1.807, 2.05) is 31.2 Å². The lowest BCUT2D eigenvalue weighted by Crippen LogP contribution is -2.47. The van der Waals surface area contributed by atoms with E-state index < -0.39 is 24.0 Å². The first-order valence-electron chi connectivity index (χ1n) is 7.17. The molecule has 3 N–H and O–H groups in total. The lowest BCUT2D eigenvalue weighted by atomic mass is 10.1. The lowest BCUT2D eigenvalue weighted by Gasteiger charge is -2.17. The number of aliphatic carboxylic acids is 1. The number of hydrogen-bond donors (Lipinski definition) is 3. The number of aliphatic hydroxyl groups excluding tert-OH is 1. The van der Waals surface area contributed by atoms with Crippen LogP contribution < -0.4 is 5.32 Å². The van der Waals surface area contributed by atoms with Gasteiger partial charge in [0.05, 0.1) is 11.0 Å². The number of hydrogen-bond acceptors (Lipinski definition) is 4. The zero-order chi connectivity index (χ0) is 16.3. The summed E-state index contributed by atoms with van der Waals surface area (Å²) >= 11 is 1.35. The molecule has 0 saturated carbocycles. The second-order valence-corrected chi connectivity index (χ2v) is 6.24. The Morgan fingerprint density at radius 2 is 2.00 bits per heavy atom. The van der Waals surface area contributed by atoms with Crippen LogP contribution in [-0.2, 0) is 11.2 Å². The highest BCUT2D eigenvalue weighted by atomic mass is 32.1. The van der Waals surface area contributed by atoms with Gasteiger partial charge in [-0.1, -0.05) is 31.5 Å². The monoisotopic (exact) mass is 321 g/mol. The predicted octanol–water partition coefficient (Wildman–Crippen LogP) is 2.42. The molecule has 5 nitrogen and oxygen atoms in total. The molecular weight excluding hydrogens is 302 g/mol. The molecule has 1 aromatic carbocycles. The second kappa shape index (κ2) is 6.89. The Labute approximate surface area is 132 Å². The van der Waals surface area contributed by atoms with Crippen molar-refractivity contribution in [1.29, 1.82) is 0 Å². The summed E-state index contributed by atoms with van der Waals surface area (Å²) in [6.45, 7) is 3.38. The molecule has 1 heterocycles. The van der Waals surface area contributed by atoms with Crippen molar-refractivity contribution in [1.82, 2.24) is 5.32 Å². The number of aryl methyl sites for hydroxylation is 1. The van der Waals surface area contributed by atoms with Crippen molar-refractivity contribution in [3.8, 4) is 0 Å². The number of carbonyl (C=O) groups excluding carboxylic acids is 1. The van der Waals surface area contributed by atoms with Gasteiger partial charge < -0.3 is 15.5 Å². The minimum Gasteiger partial charge on any atom is -0.480 e. The SMILES string of the molecule is CCCc1c(C(=O)NC(C(=O)O)C(C)O)sc2ccccc12. The first kappa shape index (κ1) is 16.5. The molecule has 0 aliphatic heterocycles. The van der Waals surface area contributed by atoms with Crippen molar-refractivity contribution >= 4 is 33.3 Å². The fourth-order valence-corrected chi connectivity index (χ4v) is 3.53. The van der Waals surface area contributed by atoms with Gasteiger partial charge in [0.1, 0.15) is 0 Å². The van der Waals surface area contributed by atoms with Crippen molar-refractivity contribution in [3.05, 3.63) is 34.7 Å². The topological polar surface area (TPSA) is 86.6 Å². The van der Waals surface area contributed by atoms with Gasteiger partial charge in [0.25, 0.3) is 5.91 Å². The van der Waals surface area contributed by atoms with Crippen LogP contribution in [0.1, 0.15) is 35.5 Å². The number of rotatable bonds is 6. The van der Waals surface area contributed by atoms with Crippen LogP contribution in [0.4, 0.5) is 0 Å². The number of benzene rings is 1. The van der Waals surface area contributed by atoms with Gasteiger partial charge in [0, 0.05) is 4.70 Å². The molecule has 118 valence electrons. The summed E-state index contributed by atoms with van der Waals surface area (Å²) in [7, 11) is 0. The van der Waals surface area contributed by atoms with Gasteiger partial charge in [-0.25, -0.2) is 4.79 Å². The number of carbonyl (C=O) groups is 2. The third-order valence-electron chi connectivity index (χ3n) is 3.44. The molecule has 2 unspecified atom stereocenters. The molecule has 1 aromatic heterocycles. The average molecular weight is 321 g/mol. The molecule has 2 aromatic rings. The summed E-state index contributed by atoms with van der Waals surface area (Å²) in [4.78, 5) is 24.1. The van der Waals surface area contributed by atoms with E-state index in [1.54, 1.807) is 0 Å². The van der Waals surface area contributed by atoms with E-state index in [1.165, 1.54) is 18.3 Å². The van der Waals surface area contributed by atoms with Crippen molar-refractivity contribution < 1.29 is 19.8 Å². The van der Waals surface area contributed by atoms with Crippen molar-refractivity contribution in [2.75, 3.05) is 0 Å². The van der Waals surface area contributed by atoms with E-state index in [9.17, 15) is 14.7 Å². The van der Waals surface area contributed by atoms with Gasteiger partial charge >= 0.3 is 5.97 Å². The number of carboxylic acid groups (broad SMARTS) is 1. The zero-order valence-corrected chi connectivity index (χ0v) is 13.3. The molecule has 6 heteroatoms. The highest BCUT2D eigenvalue weighted by Crippen LogP contribution is 2.32. The third-order valence-corrected chi connectivity index (χ3v) is 4.65. The van der Waals surface area contributed by atoms with E-state index in [4.69, 9.17) is 5.11 Å².